The molecule has 0 spiro atoms. The van der Waals surface area contributed by atoms with E-state index in [1.54, 1.807) is 24.1 Å². The van der Waals surface area contributed by atoms with E-state index in [0.717, 1.165) is 27.8 Å². The number of hydrogen-bond donors (Lipinski definition) is 1. The number of nitrogens with two attached hydrogens (primary N) is 1. The molecule has 40 heavy (non-hydrogen) atoms. The largest absolute Gasteiger partial charge is 0.491 e. The number of sulfone groups is 1. The first-order valence-corrected chi connectivity index (χ1v) is 14.8. The molecule has 1 aromatic heterocycles. The van der Waals surface area contributed by atoms with Crippen LogP contribution in [0.4, 0.5) is 10.2 Å². The number of amides is 1. The van der Waals surface area contributed by atoms with Gasteiger partial charge in [-0.15, -0.1) is 0 Å². The highest BCUT2D eigenvalue weighted by molar-refractivity contribution is 7.91. The van der Waals surface area contributed by atoms with Crippen LogP contribution in [0.3, 0.4) is 0 Å². The van der Waals surface area contributed by atoms with Gasteiger partial charge in [0.05, 0.1) is 12.3 Å². The van der Waals surface area contributed by atoms with E-state index in [-0.39, 0.29) is 47.3 Å². The normalized spacial score (nSPS) is 13.3. The Morgan fingerprint density at radius 1 is 0.975 bits per heavy atom. The Balaban J connectivity index is 1.42. The summed E-state index contributed by atoms with van der Waals surface area (Å²) in [5.74, 6) is -0.265. The number of carbonyl (C=O) groups is 1. The van der Waals surface area contributed by atoms with Crippen molar-refractivity contribution in [3.05, 3.63) is 95.4 Å². The fourth-order valence-corrected chi connectivity index (χ4v) is 5.87. The van der Waals surface area contributed by atoms with Gasteiger partial charge in [-0.1, -0.05) is 44.2 Å². The molecule has 0 saturated heterocycles. The van der Waals surface area contributed by atoms with Crippen LogP contribution in [0.2, 0.25) is 0 Å². The summed E-state index contributed by atoms with van der Waals surface area (Å²) in [5.41, 5.74) is 10.8. The number of pyridine rings is 1. The maximum Gasteiger partial charge on any atom is 0.254 e. The van der Waals surface area contributed by atoms with Crippen LogP contribution < -0.4 is 10.5 Å². The van der Waals surface area contributed by atoms with Gasteiger partial charge < -0.3 is 15.4 Å². The SMILES string of the molecule is CCc1c(C(=O)N2CCOc3ccc(-c4ccc(-c5ccc(N)nc5)cc4)cc3C2)ccc(S(=O)(=O)CC)c1F. The van der Waals surface area contributed by atoms with Crippen molar-refractivity contribution in [3.8, 4) is 28.0 Å². The number of nitrogen functional groups attached to an aromatic ring is 1. The highest BCUT2D eigenvalue weighted by Crippen LogP contribution is 2.32. The minimum absolute atomic E-state index is 0.107. The van der Waals surface area contributed by atoms with Gasteiger partial charge in [0, 0.05) is 35.0 Å². The molecule has 2 heterocycles. The number of anilines is 1. The summed E-state index contributed by atoms with van der Waals surface area (Å²) in [5, 5.41) is 0. The molecule has 0 fully saturated rings. The van der Waals surface area contributed by atoms with E-state index in [0.29, 0.717) is 18.1 Å². The molecule has 9 heteroatoms. The van der Waals surface area contributed by atoms with E-state index < -0.39 is 15.7 Å². The molecule has 206 valence electrons. The third-order valence-electron chi connectivity index (χ3n) is 7.17. The van der Waals surface area contributed by atoms with Crippen LogP contribution >= 0.6 is 0 Å². The van der Waals surface area contributed by atoms with Gasteiger partial charge in [-0.25, -0.2) is 17.8 Å². The lowest BCUT2D eigenvalue weighted by Gasteiger charge is -2.22. The molecule has 0 radical (unpaired) electrons. The number of halogens is 1. The Morgan fingerprint density at radius 2 is 1.65 bits per heavy atom. The number of carbonyl (C=O) groups excluding carboxylic acids is 1. The van der Waals surface area contributed by atoms with Crippen LogP contribution in [-0.2, 0) is 22.8 Å². The minimum Gasteiger partial charge on any atom is -0.491 e. The van der Waals surface area contributed by atoms with Crippen molar-refractivity contribution < 1.29 is 22.3 Å². The topological polar surface area (TPSA) is 103 Å². The summed E-state index contributed by atoms with van der Waals surface area (Å²) in [6.07, 6.45) is 1.93. The lowest BCUT2D eigenvalue weighted by atomic mass is 9.99. The predicted molar refractivity (Wildman–Crippen MR) is 153 cm³/mol. The van der Waals surface area contributed by atoms with E-state index >= 15 is 4.39 Å². The van der Waals surface area contributed by atoms with Gasteiger partial charge in [-0.3, -0.25) is 4.79 Å². The standard InChI is InChI=1S/C31H30FN3O4S/c1-3-25-26(11-13-28(30(25)32)40(37,38)4-2)31(36)35-15-16-39-27-12-9-22(17-24(27)19-35)20-5-7-21(8-6-20)23-10-14-29(33)34-18-23/h5-14,17-18H,3-4,15-16,19H2,1-2H3,(H2,33,34). The van der Waals surface area contributed by atoms with Gasteiger partial charge in [0.2, 0.25) is 0 Å². The van der Waals surface area contributed by atoms with E-state index in [2.05, 4.69) is 4.98 Å². The Bertz CT molecular complexity index is 1670. The molecular weight excluding hydrogens is 529 g/mol. The minimum atomic E-state index is -3.75. The van der Waals surface area contributed by atoms with Crippen molar-refractivity contribution in [1.29, 1.82) is 0 Å². The van der Waals surface area contributed by atoms with Crippen LogP contribution in [0.15, 0.2) is 77.8 Å². The third-order valence-corrected chi connectivity index (χ3v) is 8.92. The quantitative estimate of drug-likeness (QED) is 0.333. The van der Waals surface area contributed by atoms with Crippen molar-refractivity contribution in [1.82, 2.24) is 9.88 Å². The van der Waals surface area contributed by atoms with Crippen molar-refractivity contribution in [2.24, 2.45) is 0 Å². The number of fused-ring (bicyclic) bond motifs is 1. The van der Waals surface area contributed by atoms with Gasteiger partial charge in [0.1, 0.15) is 28.9 Å². The highest BCUT2D eigenvalue weighted by atomic mass is 32.2. The molecule has 0 unspecified atom stereocenters. The van der Waals surface area contributed by atoms with E-state index in [1.165, 1.54) is 19.1 Å². The van der Waals surface area contributed by atoms with Crippen LogP contribution in [0.1, 0.15) is 35.3 Å². The monoisotopic (exact) mass is 559 g/mol. The number of hydrogen-bond acceptors (Lipinski definition) is 6. The van der Waals surface area contributed by atoms with Crippen LogP contribution in [0.5, 0.6) is 5.75 Å². The van der Waals surface area contributed by atoms with Crippen molar-refractivity contribution in [3.63, 3.8) is 0 Å². The molecule has 0 aliphatic carbocycles. The van der Waals surface area contributed by atoms with Crippen LogP contribution in [-0.4, -0.2) is 43.1 Å². The average molecular weight is 560 g/mol. The van der Waals surface area contributed by atoms with Gasteiger partial charge in [-0.2, -0.15) is 0 Å². The molecule has 1 aliphatic rings. The first kappa shape index (κ1) is 27.3. The third kappa shape index (κ3) is 5.29. The molecule has 0 atom stereocenters. The summed E-state index contributed by atoms with van der Waals surface area (Å²) in [7, 11) is -3.75. The summed E-state index contributed by atoms with van der Waals surface area (Å²) < 4.78 is 45.9. The Hall–Kier alpha value is -4.24. The predicted octanol–water partition coefficient (Wildman–Crippen LogP) is 5.53. The highest BCUT2D eigenvalue weighted by Gasteiger charge is 2.27. The zero-order valence-corrected chi connectivity index (χ0v) is 23.2. The zero-order chi connectivity index (χ0) is 28.4. The molecule has 1 aliphatic heterocycles. The van der Waals surface area contributed by atoms with E-state index in [4.69, 9.17) is 10.5 Å². The molecule has 4 aromatic rings. The Labute approximate surface area is 233 Å². The Kier molecular flexibility index (Phi) is 7.58. The smallest absolute Gasteiger partial charge is 0.254 e. The van der Waals surface area contributed by atoms with Gasteiger partial charge in [0.25, 0.3) is 5.91 Å². The Morgan fingerprint density at radius 3 is 2.30 bits per heavy atom. The van der Waals surface area contributed by atoms with Crippen molar-refractivity contribution >= 4 is 21.6 Å². The van der Waals surface area contributed by atoms with E-state index in [1.807, 2.05) is 48.5 Å². The van der Waals surface area contributed by atoms with Crippen molar-refractivity contribution in [2.45, 2.75) is 31.7 Å². The van der Waals surface area contributed by atoms with Crippen LogP contribution in [0, 0.1) is 5.82 Å². The summed E-state index contributed by atoms with van der Waals surface area (Å²) >= 11 is 0. The molecule has 7 nitrogen and oxygen atoms in total. The average Bonchev–Trinajstić information content (AvgIpc) is 3.19. The lowest BCUT2D eigenvalue weighted by molar-refractivity contribution is 0.0731. The first-order valence-electron chi connectivity index (χ1n) is 13.1. The number of rotatable bonds is 6. The van der Waals surface area contributed by atoms with E-state index in [9.17, 15) is 13.2 Å². The maximum atomic E-state index is 15.3. The summed E-state index contributed by atoms with van der Waals surface area (Å²) in [6.45, 7) is 4.05. The number of nitrogens with zero attached hydrogens (tertiary/aromatic N) is 2. The lowest BCUT2D eigenvalue weighted by Crippen LogP contribution is -2.33. The summed E-state index contributed by atoms with van der Waals surface area (Å²) in [4.78, 5) is 19.0. The summed E-state index contributed by atoms with van der Waals surface area (Å²) in [6, 6.07) is 20.3. The molecular formula is C31H30FN3O4S. The second-order valence-electron chi connectivity index (χ2n) is 9.61. The second-order valence-corrected chi connectivity index (χ2v) is 11.9. The molecule has 5 rings (SSSR count). The second kappa shape index (κ2) is 11.1. The first-order chi connectivity index (χ1) is 19.2. The van der Waals surface area contributed by atoms with Gasteiger partial charge >= 0.3 is 0 Å². The number of benzene rings is 3. The molecule has 0 bridgehead atoms. The van der Waals surface area contributed by atoms with Crippen LogP contribution in [0.25, 0.3) is 22.3 Å². The fraction of sp³-hybridized carbons (Fsp3) is 0.226. The molecule has 2 N–H and O–H groups in total. The van der Waals surface area contributed by atoms with Gasteiger partial charge in [0.15, 0.2) is 9.84 Å². The molecule has 0 saturated carbocycles. The molecule has 1 amide bonds. The maximum absolute atomic E-state index is 15.3. The van der Waals surface area contributed by atoms with Gasteiger partial charge in [-0.05, 0) is 59.5 Å². The number of aromatic nitrogens is 1. The zero-order valence-electron chi connectivity index (χ0n) is 22.4. The number of ether oxygens (including phenoxy) is 1. The fourth-order valence-electron chi connectivity index (χ4n) is 4.89. The van der Waals surface area contributed by atoms with Crippen molar-refractivity contribution in [2.75, 3.05) is 24.6 Å². The molecule has 3 aromatic carbocycles.